The van der Waals surface area contributed by atoms with Crippen LogP contribution in [0.2, 0.25) is 0 Å². The van der Waals surface area contributed by atoms with Crippen LogP contribution in [0.25, 0.3) is 6.08 Å². The molecule has 38 heavy (non-hydrogen) atoms. The number of nitro groups is 1. The van der Waals surface area contributed by atoms with Crippen molar-refractivity contribution in [2.24, 2.45) is 4.99 Å². The second-order valence-corrected chi connectivity index (χ2v) is 9.90. The molecular weight excluding hydrogens is 582 g/mol. The van der Waals surface area contributed by atoms with E-state index in [-0.39, 0.29) is 43.0 Å². The topological polar surface area (TPSA) is 142 Å². The zero-order valence-electron chi connectivity index (χ0n) is 20.7. The summed E-state index contributed by atoms with van der Waals surface area (Å²) in [7, 11) is 2.96. The molecule has 1 aliphatic heterocycles. The number of hydrogen-bond acceptors (Lipinski definition) is 10. The van der Waals surface area contributed by atoms with Crippen molar-refractivity contribution in [2.45, 2.75) is 19.9 Å². The number of rotatable bonds is 7. The summed E-state index contributed by atoms with van der Waals surface area (Å²) in [4.78, 5) is 42.4. The number of phenols is 1. The first-order chi connectivity index (χ1) is 18.1. The predicted octanol–water partition coefficient (Wildman–Crippen LogP) is 3.19. The second kappa shape index (κ2) is 10.8. The Morgan fingerprint density at radius 2 is 2.03 bits per heavy atom. The third-order valence-electron chi connectivity index (χ3n) is 5.82. The van der Waals surface area contributed by atoms with Crippen LogP contribution >= 0.6 is 27.3 Å². The van der Waals surface area contributed by atoms with Gasteiger partial charge in [-0.25, -0.2) is 9.79 Å². The maximum absolute atomic E-state index is 13.8. The molecule has 198 valence electrons. The summed E-state index contributed by atoms with van der Waals surface area (Å²) in [5.41, 5.74) is 0.240. The number of ether oxygens (including phenoxy) is 3. The largest absolute Gasteiger partial charge is 0.506 e. The lowest BCUT2D eigenvalue weighted by Crippen LogP contribution is -2.40. The van der Waals surface area contributed by atoms with E-state index in [1.165, 1.54) is 24.9 Å². The lowest BCUT2D eigenvalue weighted by Gasteiger charge is -2.26. The molecule has 0 amide bonds. The van der Waals surface area contributed by atoms with Crippen LogP contribution in [0.4, 0.5) is 5.69 Å². The van der Waals surface area contributed by atoms with Crippen molar-refractivity contribution in [1.29, 1.82) is 0 Å². The number of fused-ring (bicyclic) bond motifs is 1. The molecule has 11 nitrogen and oxygen atoms in total. The summed E-state index contributed by atoms with van der Waals surface area (Å²) >= 11 is 4.13. The van der Waals surface area contributed by atoms with Gasteiger partial charge in [0, 0.05) is 23.3 Å². The van der Waals surface area contributed by atoms with Gasteiger partial charge in [0.2, 0.25) is 0 Å². The van der Waals surface area contributed by atoms with Gasteiger partial charge < -0.3 is 19.3 Å². The first-order valence-corrected chi connectivity index (χ1v) is 12.8. The van der Waals surface area contributed by atoms with Gasteiger partial charge in [-0.15, -0.1) is 0 Å². The smallest absolute Gasteiger partial charge is 0.338 e. The number of carbonyl (C=O) groups excluding carboxylic acids is 1. The Morgan fingerprint density at radius 1 is 1.29 bits per heavy atom. The van der Waals surface area contributed by atoms with Crippen molar-refractivity contribution in [2.75, 3.05) is 20.8 Å². The van der Waals surface area contributed by atoms with Crippen molar-refractivity contribution < 1.29 is 29.0 Å². The van der Waals surface area contributed by atoms with Crippen LogP contribution in [-0.4, -0.2) is 41.4 Å². The zero-order valence-corrected chi connectivity index (χ0v) is 23.1. The fraction of sp³-hybridized carbons (Fsp3) is 0.240. The van der Waals surface area contributed by atoms with Crippen LogP contribution in [0.5, 0.6) is 17.2 Å². The first kappa shape index (κ1) is 27.1. The molecule has 1 N–H and O–H groups in total. The van der Waals surface area contributed by atoms with Crippen molar-refractivity contribution >= 4 is 45.0 Å². The molecule has 0 unspecified atom stereocenters. The molecular formula is C25H22BrN3O8S. The van der Waals surface area contributed by atoms with Crippen molar-refractivity contribution in [3.63, 3.8) is 0 Å². The number of carbonyl (C=O) groups is 1. The molecule has 13 heteroatoms. The highest BCUT2D eigenvalue weighted by Crippen LogP contribution is 2.38. The maximum atomic E-state index is 13.8. The number of allylic oxidation sites excluding steroid dienone is 1. The summed E-state index contributed by atoms with van der Waals surface area (Å²) in [5.74, 6) is -0.0247. The van der Waals surface area contributed by atoms with E-state index in [1.54, 1.807) is 32.0 Å². The first-order valence-electron chi connectivity index (χ1n) is 11.2. The van der Waals surface area contributed by atoms with Gasteiger partial charge in [0.05, 0.1) is 46.0 Å². The summed E-state index contributed by atoms with van der Waals surface area (Å²) in [6.45, 7) is 3.43. The van der Waals surface area contributed by atoms with Gasteiger partial charge in [0.25, 0.3) is 11.2 Å². The highest BCUT2D eigenvalue weighted by atomic mass is 79.9. The highest BCUT2D eigenvalue weighted by molar-refractivity contribution is 9.10. The number of hydrogen-bond donors (Lipinski definition) is 1. The number of halogens is 1. The summed E-state index contributed by atoms with van der Waals surface area (Å²) < 4.78 is 17.8. The molecule has 0 spiro atoms. The van der Waals surface area contributed by atoms with Crippen LogP contribution in [0.1, 0.15) is 31.0 Å². The van der Waals surface area contributed by atoms with Crippen molar-refractivity contribution in [1.82, 2.24) is 4.57 Å². The summed E-state index contributed by atoms with van der Waals surface area (Å²) in [6, 6.07) is 6.38. The standard InChI is InChI=1S/C25H22BrN3O8S/c1-5-37-24(32)20-12(2)27-25-28(21(20)16-11-15(35-3)6-7-18(16)36-4)23(31)19(38-25)9-13-8-14(29(33)34)10-17(26)22(13)30/h6-11,21,30H,5H2,1-4H3/b19-9-/t21-/m1/s1. The second-order valence-electron chi connectivity index (χ2n) is 8.03. The zero-order chi connectivity index (χ0) is 27.7. The number of nitro benzene ring substituents is 1. The average Bonchev–Trinajstić information content (AvgIpc) is 3.19. The van der Waals surface area contributed by atoms with Gasteiger partial charge in [0.15, 0.2) is 4.80 Å². The average molecular weight is 604 g/mol. The lowest BCUT2D eigenvalue weighted by molar-refractivity contribution is -0.385. The van der Waals surface area contributed by atoms with Crippen LogP contribution < -0.4 is 24.4 Å². The van der Waals surface area contributed by atoms with E-state index in [0.717, 1.165) is 23.5 Å². The number of aromatic hydroxyl groups is 1. The highest BCUT2D eigenvalue weighted by Gasteiger charge is 2.35. The maximum Gasteiger partial charge on any atom is 0.338 e. The monoisotopic (exact) mass is 603 g/mol. The number of nitrogens with zero attached hydrogens (tertiary/aromatic N) is 3. The van der Waals surface area contributed by atoms with Crippen LogP contribution in [0, 0.1) is 10.1 Å². The molecule has 0 aliphatic carbocycles. The summed E-state index contributed by atoms with van der Waals surface area (Å²) in [6.07, 6.45) is 1.35. The summed E-state index contributed by atoms with van der Waals surface area (Å²) in [5, 5.41) is 21.8. The SMILES string of the molecule is CCOC(=O)C1=C(C)N=c2s/c(=C\c3cc([N+](=O)[O-])cc(Br)c3O)c(=O)n2[C@@H]1c1cc(OC)ccc1OC. The Morgan fingerprint density at radius 3 is 2.66 bits per heavy atom. The fourth-order valence-electron chi connectivity index (χ4n) is 4.10. The Hall–Kier alpha value is -3.97. The molecule has 3 aromatic rings. The molecule has 4 rings (SSSR count). The van der Waals surface area contributed by atoms with E-state index < -0.39 is 22.5 Å². The lowest BCUT2D eigenvalue weighted by atomic mass is 9.94. The third-order valence-corrected chi connectivity index (χ3v) is 7.41. The van der Waals surface area contributed by atoms with E-state index in [9.17, 15) is 24.8 Å². The number of aromatic nitrogens is 1. The molecule has 0 bridgehead atoms. The van der Waals surface area contributed by atoms with E-state index in [0.29, 0.717) is 22.8 Å². The number of benzene rings is 2. The Balaban J connectivity index is 2.04. The van der Waals surface area contributed by atoms with E-state index in [4.69, 9.17) is 14.2 Å². The molecule has 1 aliphatic rings. The van der Waals surface area contributed by atoms with E-state index in [2.05, 4.69) is 20.9 Å². The number of esters is 1. The van der Waals surface area contributed by atoms with Crippen LogP contribution in [0.15, 0.2) is 55.9 Å². The molecule has 1 aromatic heterocycles. The van der Waals surface area contributed by atoms with E-state index in [1.807, 2.05) is 0 Å². The van der Waals surface area contributed by atoms with Crippen molar-refractivity contribution in [3.05, 3.63) is 87.0 Å². The van der Waals surface area contributed by atoms with Gasteiger partial charge >= 0.3 is 5.97 Å². The molecule has 1 atom stereocenters. The number of methoxy groups -OCH3 is 2. The van der Waals surface area contributed by atoms with Gasteiger partial charge in [-0.1, -0.05) is 11.3 Å². The predicted molar refractivity (Wildman–Crippen MR) is 142 cm³/mol. The van der Waals surface area contributed by atoms with Crippen LogP contribution in [-0.2, 0) is 9.53 Å². The quantitative estimate of drug-likeness (QED) is 0.246. The Labute approximate surface area is 228 Å². The number of thiazole rings is 1. The number of phenolic OH excluding ortho intramolecular Hbond substituents is 1. The van der Waals surface area contributed by atoms with E-state index >= 15 is 0 Å². The molecule has 0 fully saturated rings. The van der Waals surface area contributed by atoms with Gasteiger partial charge in [-0.2, -0.15) is 0 Å². The molecule has 0 radical (unpaired) electrons. The van der Waals surface area contributed by atoms with Gasteiger partial charge in [-0.05, 0) is 54.1 Å². The number of non-ortho nitro benzene ring substituents is 1. The molecule has 0 saturated heterocycles. The Bertz CT molecular complexity index is 1670. The van der Waals surface area contributed by atoms with Crippen molar-refractivity contribution in [3.8, 4) is 17.2 Å². The Kier molecular flexibility index (Phi) is 7.69. The molecule has 2 heterocycles. The normalized spacial score (nSPS) is 15.1. The molecule has 0 saturated carbocycles. The minimum Gasteiger partial charge on any atom is -0.506 e. The fourth-order valence-corrected chi connectivity index (χ4v) is 5.60. The third kappa shape index (κ3) is 4.82. The van der Waals surface area contributed by atoms with Crippen LogP contribution in [0.3, 0.4) is 0 Å². The molecule has 2 aromatic carbocycles. The minimum absolute atomic E-state index is 0.0631. The van der Waals surface area contributed by atoms with Gasteiger partial charge in [-0.3, -0.25) is 19.5 Å². The minimum atomic E-state index is -0.969. The van der Waals surface area contributed by atoms with Gasteiger partial charge in [0.1, 0.15) is 23.3 Å².